The lowest BCUT2D eigenvalue weighted by Crippen LogP contribution is -2.30. The highest BCUT2D eigenvalue weighted by Crippen LogP contribution is 2.22. The predicted molar refractivity (Wildman–Crippen MR) is 89.5 cm³/mol. The van der Waals surface area contributed by atoms with Crippen molar-refractivity contribution in [2.75, 3.05) is 18.5 Å². The Balaban J connectivity index is 2.22. The van der Waals surface area contributed by atoms with Crippen LogP contribution in [-0.2, 0) is 6.54 Å². The van der Waals surface area contributed by atoms with Crippen LogP contribution in [0.2, 0.25) is 0 Å². The van der Waals surface area contributed by atoms with E-state index in [-0.39, 0.29) is 5.91 Å². The SMILES string of the molecule is CCN(Cc1cccc(N)c1)C(=O)c1ccccc1SC. The standard InChI is InChI=1S/C17H20N2OS/c1-3-19(12-13-7-6-8-14(18)11-13)17(20)15-9-4-5-10-16(15)21-2/h4-11H,3,12,18H2,1-2H3. The van der Waals surface area contributed by atoms with E-state index >= 15 is 0 Å². The Morgan fingerprint density at radius 2 is 1.95 bits per heavy atom. The maximum absolute atomic E-state index is 12.7. The van der Waals surface area contributed by atoms with Crippen LogP contribution < -0.4 is 5.73 Å². The summed E-state index contributed by atoms with van der Waals surface area (Å²) in [6, 6.07) is 15.4. The fraction of sp³-hybridized carbons (Fsp3) is 0.235. The minimum Gasteiger partial charge on any atom is -0.399 e. The van der Waals surface area contributed by atoms with Gasteiger partial charge in [-0.2, -0.15) is 0 Å². The molecule has 21 heavy (non-hydrogen) atoms. The number of nitrogens with zero attached hydrogens (tertiary/aromatic N) is 1. The number of amides is 1. The summed E-state index contributed by atoms with van der Waals surface area (Å²) in [4.78, 5) is 15.6. The van der Waals surface area contributed by atoms with Crippen LogP contribution in [0.3, 0.4) is 0 Å². The predicted octanol–water partition coefficient (Wildman–Crippen LogP) is 3.65. The second-order valence-corrected chi connectivity index (χ2v) is 5.61. The molecule has 0 heterocycles. The highest BCUT2D eigenvalue weighted by molar-refractivity contribution is 7.98. The lowest BCUT2D eigenvalue weighted by Gasteiger charge is -2.22. The topological polar surface area (TPSA) is 46.3 Å². The summed E-state index contributed by atoms with van der Waals surface area (Å²) in [7, 11) is 0. The molecule has 110 valence electrons. The summed E-state index contributed by atoms with van der Waals surface area (Å²) in [6.07, 6.45) is 1.99. The number of carbonyl (C=O) groups is 1. The van der Waals surface area contributed by atoms with E-state index in [1.54, 1.807) is 11.8 Å². The van der Waals surface area contributed by atoms with E-state index in [0.29, 0.717) is 13.1 Å². The summed E-state index contributed by atoms with van der Waals surface area (Å²) in [5.41, 5.74) is 8.33. The third kappa shape index (κ3) is 3.79. The average Bonchev–Trinajstić information content (AvgIpc) is 2.52. The van der Waals surface area contributed by atoms with Gasteiger partial charge in [0.2, 0.25) is 0 Å². The number of nitrogen functional groups attached to an aromatic ring is 1. The lowest BCUT2D eigenvalue weighted by atomic mass is 10.1. The Labute approximate surface area is 130 Å². The summed E-state index contributed by atoms with van der Waals surface area (Å²) in [5.74, 6) is 0.0601. The van der Waals surface area contributed by atoms with Gasteiger partial charge in [-0.05, 0) is 43.0 Å². The van der Waals surface area contributed by atoms with Crippen LogP contribution in [-0.4, -0.2) is 23.6 Å². The van der Waals surface area contributed by atoms with Crippen LogP contribution >= 0.6 is 11.8 Å². The number of carbonyl (C=O) groups excluding carboxylic acids is 1. The minimum absolute atomic E-state index is 0.0601. The highest BCUT2D eigenvalue weighted by atomic mass is 32.2. The number of hydrogen-bond acceptors (Lipinski definition) is 3. The number of thioether (sulfide) groups is 1. The molecule has 0 saturated carbocycles. The Hall–Kier alpha value is -1.94. The first-order valence-corrected chi connectivity index (χ1v) is 8.15. The summed E-state index contributed by atoms with van der Waals surface area (Å²) < 4.78 is 0. The van der Waals surface area contributed by atoms with E-state index in [4.69, 9.17) is 5.73 Å². The quantitative estimate of drug-likeness (QED) is 0.677. The van der Waals surface area contributed by atoms with Gasteiger partial charge in [-0.3, -0.25) is 4.79 Å². The highest BCUT2D eigenvalue weighted by Gasteiger charge is 2.17. The molecule has 0 unspecified atom stereocenters. The fourth-order valence-corrected chi connectivity index (χ4v) is 2.82. The zero-order valence-electron chi connectivity index (χ0n) is 12.4. The molecule has 3 nitrogen and oxygen atoms in total. The van der Waals surface area contributed by atoms with Crippen molar-refractivity contribution >= 4 is 23.4 Å². The van der Waals surface area contributed by atoms with Gasteiger partial charge in [-0.25, -0.2) is 0 Å². The number of nitrogens with two attached hydrogens (primary N) is 1. The fourth-order valence-electron chi connectivity index (χ4n) is 2.23. The van der Waals surface area contributed by atoms with Crippen molar-refractivity contribution in [2.45, 2.75) is 18.4 Å². The van der Waals surface area contributed by atoms with Crippen LogP contribution in [0.25, 0.3) is 0 Å². The molecule has 0 spiro atoms. The van der Waals surface area contributed by atoms with Crippen molar-refractivity contribution in [3.8, 4) is 0 Å². The van der Waals surface area contributed by atoms with Crippen molar-refractivity contribution in [3.05, 3.63) is 59.7 Å². The van der Waals surface area contributed by atoms with E-state index in [1.807, 2.05) is 66.6 Å². The van der Waals surface area contributed by atoms with E-state index < -0.39 is 0 Å². The third-order valence-corrected chi connectivity index (χ3v) is 4.13. The molecule has 2 rings (SSSR count). The van der Waals surface area contributed by atoms with Crippen LogP contribution in [0.4, 0.5) is 5.69 Å². The molecule has 4 heteroatoms. The number of hydrogen-bond donors (Lipinski definition) is 1. The van der Waals surface area contributed by atoms with Gasteiger partial charge in [0.1, 0.15) is 0 Å². The number of anilines is 1. The second kappa shape index (κ2) is 7.18. The molecule has 2 aromatic carbocycles. The summed E-state index contributed by atoms with van der Waals surface area (Å²) in [5, 5.41) is 0. The van der Waals surface area contributed by atoms with Crippen molar-refractivity contribution in [3.63, 3.8) is 0 Å². The van der Waals surface area contributed by atoms with Crippen LogP contribution in [0.1, 0.15) is 22.8 Å². The molecular weight excluding hydrogens is 280 g/mol. The Morgan fingerprint density at radius 1 is 1.19 bits per heavy atom. The first-order valence-electron chi connectivity index (χ1n) is 6.92. The average molecular weight is 300 g/mol. The van der Waals surface area contributed by atoms with Gasteiger partial charge in [0.15, 0.2) is 0 Å². The lowest BCUT2D eigenvalue weighted by molar-refractivity contribution is 0.0749. The largest absolute Gasteiger partial charge is 0.399 e. The van der Waals surface area contributed by atoms with E-state index in [1.165, 1.54) is 0 Å². The monoisotopic (exact) mass is 300 g/mol. The molecule has 0 saturated heterocycles. The van der Waals surface area contributed by atoms with E-state index in [9.17, 15) is 4.79 Å². The Bertz CT molecular complexity index is 628. The van der Waals surface area contributed by atoms with Crippen LogP contribution in [0.5, 0.6) is 0 Å². The second-order valence-electron chi connectivity index (χ2n) is 4.76. The van der Waals surface area contributed by atoms with E-state index in [2.05, 4.69) is 0 Å². The van der Waals surface area contributed by atoms with Gasteiger partial charge < -0.3 is 10.6 Å². The molecule has 1 amide bonds. The molecule has 0 atom stereocenters. The Kier molecular flexibility index (Phi) is 5.28. The maximum atomic E-state index is 12.7. The third-order valence-electron chi connectivity index (χ3n) is 3.33. The number of rotatable bonds is 5. The first-order chi connectivity index (χ1) is 10.2. The molecule has 0 aliphatic rings. The minimum atomic E-state index is 0.0601. The zero-order chi connectivity index (χ0) is 15.2. The van der Waals surface area contributed by atoms with Crippen molar-refractivity contribution < 1.29 is 4.79 Å². The molecule has 2 aromatic rings. The molecule has 0 fully saturated rings. The smallest absolute Gasteiger partial charge is 0.255 e. The van der Waals surface area contributed by atoms with Gasteiger partial charge in [-0.15, -0.1) is 11.8 Å². The number of benzene rings is 2. The van der Waals surface area contributed by atoms with Gasteiger partial charge >= 0.3 is 0 Å². The van der Waals surface area contributed by atoms with Crippen LogP contribution in [0, 0.1) is 0 Å². The van der Waals surface area contributed by atoms with Crippen molar-refractivity contribution in [1.82, 2.24) is 4.90 Å². The van der Waals surface area contributed by atoms with Gasteiger partial charge in [0.25, 0.3) is 5.91 Å². The molecular formula is C17H20N2OS. The maximum Gasteiger partial charge on any atom is 0.255 e. The first kappa shape index (κ1) is 15.4. The molecule has 0 bridgehead atoms. The van der Waals surface area contributed by atoms with Gasteiger partial charge in [-0.1, -0.05) is 24.3 Å². The van der Waals surface area contributed by atoms with E-state index in [0.717, 1.165) is 21.7 Å². The van der Waals surface area contributed by atoms with Crippen LogP contribution in [0.15, 0.2) is 53.4 Å². The van der Waals surface area contributed by atoms with Crippen molar-refractivity contribution in [1.29, 1.82) is 0 Å². The molecule has 0 aliphatic carbocycles. The molecule has 0 aromatic heterocycles. The summed E-state index contributed by atoms with van der Waals surface area (Å²) in [6.45, 7) is 3.23. The van der Waals surface area contributed by atoms with Gasteiger partial charge in [0.05, 0.1) is 5.56 Å². The molecule has 2 N–H and O–H groups in total. The Morgan fingerprint density at radius 3 is 2.62 bits per heavy atom. The molecule has 0 aliphatic heterocycles. The normalized spacial score (nSPS) is 10.4. The van der Waals surface area contributed by atoms with Gasteiger partial charge in [0, 0.05) is 23.7 Å². The van der Waals surface area contributed by atoms with Crippen molar-refractivity contribution in [2.24, 2.45) is 0 Å². The zero-order valence-corrected chi connectivity index (χ0v) is 13.2. The summed E-state index contributed by atoms with van der Waals surface area (Å²) >= 11 is 1.59. The molecule has 0 radical (unpaired) electrons.